The molecule has 0 fully saturated rings. The van der Waals surface area contributed by atoms with Gasteiger partial charge in [-0.25, -0.2) is 0 Å². The number of hydrogen-bond donors (Lipinski definition) is 1. The van der Waals surface area contributed by atoms with Crippen LogP contribution in [0.3, 0.4) is 0 Å². The lowest BCUT2D eigenvalue weighted by atomic mass is 10.0. The molecule has 3 aromatic carbocycles. The summed E-state index contributed by atoms with van der Waals surface area (Å²) in [5.41, 5.74) is 5.65. The van der Waals surface area contributed by atoms with Gasteiger partial charge in [0.2, 0.25) is 5.75 Å². The van der Waals surface area contributed by atoms with E-state index in [1.165, 1.54) is 16.7 Å². The van der Waals surface area contributed by atoms with Crippen molar-refractivity contribution in [2.45, 2.75) is 13.1 Å². The number of nitrogens with zero attached hydrogens (tertiary/aromatic N) is 1. The third-order valence-corrected chi connectivity index (χ3v) is 5.16. The van der Waals surface area contributed by atoms with Gasteiger partial charge in [0.15, 0.2) is 11.5 Å². The first-order valence-electron chi connectivity index (χ1n) is 9.87. The first-order valence-corrected chi connectivity index (χ1v) is 9.87. The molecule has 0 unspecified atom stereocenters. The zero-order chi connectivity index (χ0) is 20.9. The van der Waals surface area contributed by atoms with Crippen LogP contribution in [0.2, 0.25) is 0 Å². The van der Waals surface area contributed by atoms with Crippen molar-refractivity contribution in [3.05, 3.63) is 89.6 Å². The van der Waals surface area contributed by atoms with Crippen molar-refractivity contribution in [2.75, 3.05) is 26.6 Å². The minimum absolute atomic E-state index is 0.578. The predicted molar refractivity (Wildman–Crippen MR) is 120 cm³/mol. The third kappa shape index (κ3) is 4.06. The highest BCUT2D eigenvalue weighted by Crippen LogP contribution is 2.41. The van der Waals surface area contributed by atoms with Crippen LogP contribution in [0.15, 0.2) is 72.9 Å². The molecular weight excluding hydrogens is 376 g/mol. The van der Waals surface area contributed by atoms with E-state index >= 15 is 0 Å². The zero-order valence-electron chi connectivity index (χ0n) is 17.5. The van der Waals surface area contributed by atoms with Crippen molar-refractivity contribution in [2.24, 2.45) is 0 Å². The molecule has 0 spiro atoms. The summed E-state index contributed by atoms with van der Waals surface area (Å²) in [6, 6.07) is 22.8. The summed E-state index contributed by atoms with van der Waals surface area (Å²) in [7, 11) is 4.85. The second-order valence-corrected chi connectivity index (χ2v) is 7.13. The van der Waals surface area contributed by atoms with Crippen molar-refractivity contribution in [1.82, 2.24) is 4.90 Å². The molecule has 0 bridgehead atoms. The maximum atomic E-state index is 5.50. The molecule has 1 aliphatic rings. The van der Waals surface area contributed by atoms with Gasteiger partial charge in [-0.15, -0.1) is 0 Å². The maximum absolute atomic E-state index is 5.50. The fraction of sp³-hybridized carbons (Fsp3) is 0.200. The third-order valence-electron chi connectivity index (χ3n) is 5.16. The fourth-order valence-electron chi connectivity index (χ4n) is 3.77. The van der Waals surface area contributed by atoms with Crippen LogP contribution < -0.4 is 19.5 Å². The Kier molecular flexibility index (Phi) is 5.80. The minimum atomic E-state index is 0.578. The van der Waals surface area contributed by atoms with Gasteiger partial charge < -0.3 is 24.4 Å². The molecule has 0 amide bonds. The lowest BCUT2D eigenvalue weighted by molar-refractivity contribution is 0.324. The summed E-state index contributed by atoms with van der Waals surface area (Å²) < 4.78 is 16.4. The number of ether oxygens (including phenoxy) is 3. The van der Waals surface area contributed by atoms with Gasteiger partial charge in [0.1, 0.15) is 0 Å². The first kappa shape index (κ1) is 19.7. The highest BCUT2D eigenvalue weighted by Gasteiger charge is 2.19. The summed E-state index contributed by atoms with van der Waals surface area (Å²) in [6.45, 7) is 1.71. The lowest BCUT2D eigenvalue weighted by Gasteiger charge is -2.29. The smallest absolute Gasteiger partial charge is 0.203 e. The summed E-state index contributed by atoms with van der Waals surface area (Å²) in [5, 5.41) is 3.56. The van der Waals surface area contributed by atoms with E-state index in [9.17, 15) is 0 Å². The summed E-state index contributed by atoms with van der Waals surface area (Å²) in [6.07, 6.45) is 2.18. The summed E-state index contributed by atoms with van der Waals surface area (Å²) in [4.78, 5) is 2.32. The molecule has 154 valence electrons. The molecule has 1 heterocycles. The number of rotatable bonds is 7. The second kappa shape index (κ2) is 8.82. The van der Waals surface area contributed by atoms with Crippen LogP contribution in [0.4, 0.5) is 5.69 Å². The van der Waals surface area contributed by atoms with Crippen molar-refractivity contribution in [3.8, 4) is 17.2 Å². The highest BCUT2D eigenvalue weighted by molar-refractivity contribution is 5.81. The average Bonchev–Trinajstić information content (AvgIpc) is 2.79. The second-order valence-electron chi connectivity index (χ2n) is 7.13. The minimum Gasteiger partial charge on any atom is -0.493 e. The highest BCUT2D eigenvalue weighted by atomic mass is 16.5. The molecule has 3 aromatic rings. The molecule has 0 aromatic heterocycles. The van der Waals surface area contributed by atoms with Crippen molar-refractivity contribution < 1.29 is 14.2 Å². The number of anilines is 1. The molecule has 30 heavy (non-hydrogen) atoms. The van der Waals surface area contributed by atoms with E-state index in [0.29, 0.717) is 17.2 Å². The standard InChI is InChI=1S/C25H26N2O3/c1-28-23-13-20(14-24(29-2)25(23)30-3)26-22-17-27(15-18-9-5-4-6-10-18)16-19-11-7-8-12-21(19)22/h4-14,17,26H,15-16H2,1-3H3. The van der Waals surface area contributed by atoms with Gasteiger partial charge in [-0.2, -0.15) is 0 Å². The average molecular weight is 402 g/mol. The summed E-state index contributed by atoms with van der Waals surface area (Å²) >= 11 is 0. The molecule has 0 radical (unpaired) electrons. The molecule has 5 nitrogen and oxygen atoms in total. The Morgan fingerprint density at radius 2 is 1.50 bits per heavy atom. The normalized spacial score (nSPS) is 12.6. The van der Waals surface area contributed by atoms with Crippen LogP contribution in [-0.4, -0.2) is 26.2 Å². The van der Waals surface area contributed by atoms with E-state index in [1.807, 2.05) is 18.2 Å². The van der Waals surface area contributed by atoms with E-state index in [1.54, 1.807) is 21.3 Å². The van der Waals surface area contributed by atoms with Crippen LogP contribution in [0, 0.1) is 0 Å². The monoisotopic (exact) mass is 402 g/mol. The summed E-state index contributed by atoms with van der Waals surface area (Å²) in [5.74, 6) is 1.81. The van der Waals surface area contributed by atoms with Gasteiger partial charge in [-0.05, 0) is 11.1 Å². The Hall–Kier alpha value is -3.60. The largest absolute Gasteiger partial charge is 0.493 e. The number of methoxy groups -OCH3 is 3. The van der Waals surface area contributed by atoms with E-state index in [-0.39, 0.29) is 0 Å². The molecule has 4 rings (SSSR count). The van der Waals surface area contributed by atoms with Crippen molar-refractivity contribution in [3.63, 3.8) is 0 Å². The van der Waals surface area contributed by atoms with Crippen LogP contribution >= 0.6 is 0 Å². The van der Waals surface area contributed by atoms with Crippen molar-refractivity contribution in [1.29, 1.82) is 0 Å². The van der Waals surface area contributed by atoms with Gasteiger partial charge in [0, 0.05) is 42.7 Å². The van der Waals surface area contributed by atoms with Gasteiger partial charge in [-0.1, -0.05) is 54.6 Å². The van der Waals surface area contributed by atoms with Crippen LogP contribution in [-0.2, 0) is 13.1 Å². The quantitative estimate of drug-likeness (QED) is 0.593. The van der Waals surface area contributed by atoms with E-state index in [2.05, 4.69) is 64.9 Å². The van der Waals surface area contributed by atoms with Crippen molar-refractivity contribution >= 4 is 11.4 Å². The van der Waals surface area contributed by atoms with Crippen LogP contribution in [0.1, 0.15) is 16.7 Å². The fourth-order valence-corrected chi connectivity index (χ4v) is 3.77. The number of nitrogens with one attached hydrogen (secondary N) is 1. The Morgan fingerprint density at radius 3 is 2.17 bits per heavy atom. The number of benzene rings is 3. The van der Waals surface area contributed by atoms with Crippen LogP contribution in [0.25, 0.3) is 5.70 Å². The topological polar surface area (TPSA) is 43.0 Å². The SMILES string of the molecule is COc1cc(NC2=CN(Cc3ccccc3)Cc3ccccc32)cc(OC)c1OC. The molecule has 1 N–H and O–H groups in total. The Morgan fingerprint density at radius 1 is 0.833 bits per heavy atom. The number of hydrogen-bond acceptors (Lipinski definition) is 5. The van der Waals surface area contributed by atoms with E-state index in [4.69, 9.17) is 14.2 Å². The molecule has 1 aliphatic heterocycles. The van der Waals surface area contributed by atoms with Gasteiger partial charge >= 0.3 is 0 Å². The van der Waals surface area contributed by atoms with Gasteiger partial charge in [0.05, 0.1) is 27.0 Å². The first-order chi connectivity index (χ1) is 14.7. The maximum Gasteiger partial charge on any atom is 0.203 e. The van der Waals surface area contributed by atoms with E-state index in [0.717, 1.165) is 24.5 Å². The zero-order valence-corrected chi connectivity index (χ0v) is 17.5. The molecular formula is C25H26N2O3. The molecule has 5 heteroatoms. The molecule has 0 saturated heterocycles. The molecule has 0 atom stereocenters. The van der Waals surface area contributed by atoms with Gasteiger partial charge in [0.25, 0.3) is 0 Å². The lowest BCUT2D eigenvalue weighted by Crippen LogP contribution is -2.23. The number of fused-ring (bicyclic) bond motifs is 1. The predicted octanol–water partition coefficient (Wildman–Crippen LogP) is 5.14. The van der Waals surface area contributed by atoms with E-state index < -0.39 is 0 Å². The molecule has 0 aliphatic carbocycles. The molecule has 0 saturated carbocycles. The van der Waals surface area contributed by atoms with Crippen LogP contribution in [0.5, 0.6) is 17.2 Å². The Labute approximate surface area is 177 Å². The Bertz CT molecular complexity index is 1020. The van der Waals surface area contributed by atoms with Gasteiger partial charge in [-0.3, -0.25) is 0 Å². The Balaban J connectivity index is 1.68.